The van der Waals surface area contributed by atoms with Crippen LogP contribution in [0.1, 0.15) is 32.6 Å². The summed E-state index contributed by atoms with van der Waals surface area (Å²) >= 11 is 0. The van der Waals surface area contributed by atoms with Crippen LogP contribution in [0, 0.1) is 5.41 Å². The molecule has 0 unspecified atom stereocenters. The Kier molecular flexibility index (Phi) is 4.04. The Morgan fingerprint density at radius 1 is 1.21 bits per heavy atom. The second kappa shape index (κ2) is 5.56. The van der Waals surface area contributed by atoms with Gasteiger partial charge >= 0.3 is 0 Å². The largest absolute Gasteiger partial charge is 0.353 e. The van der Waals surface area contributed by atoms with E-state index in [0.29, 0.717) is 23.3 Å². The van der Waals surface area contributed by atoms with E-state index in [1.165, 1.54) is 25.7 Å². The highest BCUT2D eigenvalue weighted by Crippen LogP contribution is 2.49. The number of hydrazine groups is 1. The third-order valence-electron chi connectivity index (χ3n) is 3.51. The van der Waals surface area contributed by atoms with Gasteiger partial charge in [-0.1, -0.05) is 13.3 Å². The van der Waals surface area contributed by atoms with E-state index in [2.05, 4.69) is 32.6 Å². The Morgan fingerprint density at radius 3 is 2.42 bits per heavy atom. The molecular weight excluding hydrogens is 242 g/mol. The molecule has 7 heteroatoms. The summed E-state index contributed by atoms with van der Waals surface area (Å²) < 4.78 is 0. The normalized spacial score (nSPS) is 16.0. The summed E-state index contributed by atoms with van der Waals surface area (Å²) in [5.41, 5.74) is 2.93. The third-order valence-corrected chi connectivity index (χ3v) is 3.51. The summed E-state index contributed by atoms with van der Waals surface area (Å²) in [4.78, 5) is 14.6. The molecule has 1 aliphatic rings. The SMILES string of the molecule is CCCC1(CNc2nc(NN)nc(N(C)C)n2)CC1. The zero-order chi connectivity index (χ0) is 13.9. The Balaban J connectivity index is 2.05. The van der Waals surface area contributed by atoms with Crippen molar-refractivity contribution in [2.75, 3.05) is 36.3 Å². The van der Waals surface area contributed by atoms with Gasteiger partial charge in [0.05, 0.1) is 0 Å². The molecule has 1 aromatic rings. The molecule has 1 fully saturated rings. The van der Waals surface area contributed by atoms with Gasteiger partial charge in [-0.05, 0) is 24.7 Å². The number of nitrogen functional groups attached to an aromatic ring is 1. The van der Waals surface area contributed by atoms with Crippen LogP contribution < -0.4 is 21.5 Å². The minimum Gasteiger partial charge on any atom is -0.353 e. The zero-order valence-corrected chi connectivity index (χ0v) is 11.9. The summed E-state index contributed by atoms with van der Waals surface area (Å²) in [5, 5.41) is 3.32. The van der Waals surface area contributed by atoms with Gasteiger partial charge in [0, 0.05) is 20.6 Å². The van der Waals surface area contributed by atoms with Crippen molar-refractivity contribution in [3.8, 4) is 0 Å². The summed E-state index contributed by atoms with van der Waals surface area (Å²) in [6.45, 7) is 3.14. The first kappa shape index (κ1) is 13.8. The van der Waals surface area contributed by atoms with E-state index >= 15 is 0 Å². The van der Waals surface area contributed by atoms with Crippen molar-refractivity contribution in [2.45, 2.75) is 32.6 Å². The smallest absolute Gasteiger partial charge is 0.243 e. The van der Waals surface area contributed by atoms with E-state index in [-0.39, 0.29) is 0 Å². The molecule has 106 valence electrons. The van der Waals surface area contributed by atoms with Gasteiger partial charge in [-0.3, -0.25) is 5.43 Å². The minimum atomic E-state index is 0.376. The highest BCUT2D eigenvalue weighted by molar-refractivity contribution is 5.42. The number of hydrogen-bond acceptors (Lipinski definition) is 7. The molecule has 0 atom stereocenters. The van der Waals surface area contributed by atoms with Gasteiger partial charge in [-0.25, -0.2) is 5.84 Å². The van der Waals surface area contributed by atoms with Crippen LogP contribution in [0.15, 0.2) is 0 Å². The molecule has 0 radical (unpaired) electrons. The number of nitrogens with zero attached hydrogens (tertiary/aromatic N) is 4. The quantitative estimate of drug-likeness (QED) is 0.504. The molecule has 0 aromatic carbocycles. The Hall–Kier alpha value is -1.63. The molecule has 19 heavy (non-hydrogen) atoms. The lowest BCUT2D eigenvalue weighted by atomic mass is 10.0. The van der Waals surface area contributed by atoms with Gasteiger partial charge in [-0.2, -0.15) is 15.0 Å². The van der Waals surface area contributed by atoms with Crippen molar-refractivity contribution in [3.63, 3.8) is 0 Å². The lowest BCUT2D eigenvalue weighted by molar-refractivity contribution is 0.484. The van der Waals surface area contributed by atoms with Crippen molar-refractivity contribution < 1.29 is 0 Å². The molecule has 0 bridgehead atoms. The fraction of sp³-hybridized carbons (Fsp3) is 0.750. The molecule has 1 saturated carbocycles. The predicted molar refractivity (Wildman–Crippen MR) is 77.0 cm³/mol. The van der Waals surface area contributed by atoms with Crippen molar-refractivity contribution in [1.29, 1.82) is 0 Å². The predicted octanol–water partition coefficient (Wildman–Crippen LogP) is 1.22. The Labute approximate surface area is 114 Å². The minimum absolute atomic E-state index is 0.376. The highest BCUT2D eigenvalue weighted by Gasteiger charge is 2.41. The number of hydrogen-bond donors (Lipinski definition) is 3. The number of nitrogens with two attached hydrogens (primary N) is 1. The molecule has 0 amide bonds. The maximum absolute atomic E-state index is 5.38. The molecule has 4 N–H and O–H groups in total. The Morgan fingerprint density at radius 2 is 1.89 bits per heavy atom. The van der Waals surface area contributed by atoms with Gasteiger partial charge in [0.15, 0.2) is 0 Å². The summed E-state index contributed by atoms with van der Waals surface area (Å²) in [6.07, 6.45) is 5.06. The molecule has 0 spiro atoms. The van der Waals surface area contributed by atoms with Crippen LogP contribution in [0.25, 0.3) is 0 Å². The van der Waals surface area contributed by atoms with E-state index < -0.39 is 0 Å². The zero-order valence-electron chi connectivity index (χ0n) is 11.9. The third kappa shape index (κ3) is 3.44. The highest BCUT2D eigenvalue weighted by atomic mass is 15.4. The van der Waals surface area contributed by atoms with E-state index in [1.807, 2.05) is 19.0 Å². The summed E-state index contributed by atoms with van der Waals surface area (Å²) in [5.74, 6) is 6.92. The molecule has 0 saturated heterocycles. The van der Waals surface area contributed by atoms with Gasteiger partial charge in [0.25, 0.3) is 0 Å². The topological polar surface area (TPSA) is 92.0 Å². The van der Waals surface area contributed by atoms with E-state index in [4.69, 9.17) is 5.84 Å². The van der Waals surface area contributed by atoms with Gasteiger partial charge in [0.2, 0.25) is 17.8 Å². The lowest BCUT2D eigenvalue weighted by Gasteiger charge is -2.16. The maximum Gasteiger partial charge on any atom is 0.243 e. The van der Waals surface area contributed by atoms with E-state index in [9.17, 15) is 0 Å². The molecule has 1 heterocycles. The van der Waals surface area contributed by atoms with Gasteiger partial charge in [0.1, 0.15) is 0 Å². The van der Waals surface area contributed by atoms with Gasteiger partial charge in [-0.15, -0.1) is 0 Å². The van der Waals surface area contributed by atoms with Crippen LogP contribution >= 0.6 is 0 Å². The molecule has 1 aromatic heterocycles. The molecule has 7 nitrogen and oxygen atoms in total. The standard InChI is InChI=1S/C12H23N7/c1-4-5-12(6-7-12)8-14-9-15-10(18-13)17-11(16-9)19(2)3/h4-8,13H2,1-3H3,(H2,14,15,16,17,18). The second-order valence-corrected chi connectivity index (χ2v) is 5.42. The van der Waals surface area contributed by atoms with Crippen LogP contribution in [-0.4, -0.2) is 35.6 Å². The van der Waals surface area contributed by atoms with Crippen molar-refractivity contribution in [2.24, 2.45) is 11.3 Å². The average Bonchev–Trinajstić information content (AvgIpc) is 3.17. The number of aromatic nitrogens is 3. The number of nitrogens with one attached hydrogen (secondary N) is 2. The van der Waals surface area contributed by atoms with Crippen LogP contribution in [0.2, 0.25) is 0 Å². The van der Waals surface area contributed by atoms with E-state index in [0.717, 1.165) is 6.54 Å². The van der Waals surface area contributed by atoms with Crippen LogP contribution in [0.3, 0.4) is 0 Å². The first-order chi connectivity index (χ1) is 9.08. The summed E-state index contributed by atoms with van der Waals surface area (Å²) in [7, 11) is 3.78. The summed E-state index contributed by atoms with van der Waals surface area (Å²) in [6, 6.07) is 0. The monoisotopic (exact) mass is 265 g/mol. The van der Waals surface area contributed by atoms with E-state index in [1.54, 1.807) is 0 Å². The number of rotatable bonds is 7. The van der Waals surface area contributed by atoms with Crippen LogP contribution in [0.5, 0.6) is 0 Å². The average molecular weight is 265 g/mol. The molecule has 1 aliphatic carbocycles. The maximum atomic E-state index is 5.38. The molecule has 2 rings (SSSR count). The first-order valence-electron chi connectivity index (χ1n) is 6.72. The van der Waals surface area contributed by atoms with Crippen molar-refractivity contribution in [3.05, 3.63) is 0 Å². The van der Waals surface area contributed by atoms with Crippen molar-refractivity contribution >= 4 is 17.8 Å². The van der Waals surface area contributed by atoms with Crippen molar-refractivity contribution in [1.82, 2.24) is 15.0 Å². The fourth-order valence-electron chi connectivity index (χ4n) is 2.20. The number of anilines is 3. The fourth-order valence-corrected chi connectivity index (χ4v) is 2.20. The van der Waals surface area contributed by atoms with Crippen LogP contribution in [0.4, 0.5) is 17.8 Å². The van der Waals surface area contributed by atoms with Crippen LogP contribution in [-0.2, 0) is 0 Å². The van der Waals surface area contributed by atoms with Gasteiger partial charge < -0.3 is 10.2 Å². The molecule has 0 aliphatic heterocycles. The lowest BCUT2D eigenvalue weighted by Crippen LogP contribution is -2.21. The second-order valence-electron chi connectivity index (χ2n) is 5.42. The first-order valence-corrected chi connectivity index (χ1v) is 6.72. The molecular formula is C12H23N7. The Bertz CT molecular complexity index is 428.